The molecule has 4 nitrogen and oxygen atoms in total. The van der Waals surface area contributed by atoms with Crippen molar-refractivity contribution in [3.63, 3.8) is 0 Å². The number of ether oxygens (including phenoxy) is 1. The molecule has 110 valence electrons. The standard InChI is InChI=1S/C15H20FNO3/c1-10(15(18)19)11-2-4-13(5-3-11)20-14-6-7-17-12(8-14)9-16/h6-8,10-11,13H,2-5,9H2,1H3,(H,18,19)/t10?,11-,13-. The van der Waals surface area contributed by atoms with Crippen molar-refractivity contribution < 1.29 is 19.0 Å². The van der Waals surface area contributed by atoms with E-state index in [0.29, 0.717) is 11.4 Å². The highest BCUT2D eigenvalue weighted by Crippen LogP contribution is 2.32. The van der Waals surface area contributed by atoms with Crippen LogP contribution in [-0.2, 0) is 11.5 Å². The first-order valence-corrected chi connectivity index (χ1v) is 7.00. The quantitative estimate of drug-likeness (QED) is 0.900. The van der Waals surface area contributed by atoms with Gasteiger partial charge in [-0.3, -0.25) is 9.78 Å². The van der Waals surface area contributed by atoms with Crippen LogP contribution in [0.5, 0.6) is 5.75 Å². The Balaban J connectivity index is 1.86. The van der Waals surface area contributed by atoms with Gasteiger partial charge in [-0.05, 0) is 37.7 Å². The van der Waals surface area contributed by atoms with Crippen LogP contribution in [-0.4, -0.2) is 22.2 Å². The summed E-state index contributed by atoms with van der Waals surface area (Å²) in [6.07, 6.45) is 5.04. The lowest BCUT2D eigenvalue weighted by atomic mass is 9.80. The molecule has 20 heavy (non-hydrogen) atoms. The molecule has 0 radical (unpaired) electrons. The molecule has 0 saturated heterocycles. The van der Waals surface area contributed by atoms with E-state index in [1.54, 1.807) is 25.3 Å². The number of carbonyl (C=O) groups is 1. The second-order valence-corrected chi connectivity index (χ2v) is 5.40. The van der Waals surface area contributed by atoms with Gasteiger partial charge in [0.1, 0.15) is 12.4 Å². The van der Waals surface area contributed by atoms with Crippen LogP contribution in [0.3, 0.4) is 0 Å². The number of aromatic nitrogens is 1. The highest BCUT2D eigenvalue weighted by Gasteiger charge is 2.29. The van der Waals surface area contributed by atoms with Gasteiger partial charge in [-0.25, -0.2) is 4.39 Å². The van der Waals surface area contributed by atoms with E-state index in [0.717, 1.165) is 25.7 Å². The molecule has 1 aromatic heterocycles. The molecule has 1 aromatic rings. The van der Waals surface area contributed by atoms with Gasteiger partial charge in [-0.1, -0.05) is 6.92 Å². The van der Waals surface area contributed by atoms with Crippen LogP contribution in [0.2, 0.25) is 0 Å². The third kappa shape index (κ3) is 3.68. The van der Waals surface area contributed by atoms with Gasteiger partial charge in [0.05, 0.1) is 17.7 Å². The lowest BCUT2D eigenvalue weighted by Gasteiger charge is -2.30. The van der Waals surface area contributed by atoms with E-state index in [1.807, 2.05) is 0 Å². The first-order chi connectivity index (χ1) is 9.60. The van der Waals surface area contributed by atoms with Crippen molar-refractivity contribution in [3.05, 3.63) is 24.0 Å². The molecule has 0 aromatic carbocycles. The number of hydrogen-bond acceptors (Lipinski definition) is 3. The minimum absolute atomic E-state index is 0.0853. The molecule has 2 rings (SSSR count). The summed E-state index contributed by atoms with van der Waals surface area (Å²) in [7, 11) is 0. The molecule has 1 aliphatic carbocycles. The van der Waals surface area contributed by atoms with Gasteiger partial charge < -0.3 is 9.84 Å². The molecule has 1 fully saturated rings. The number of aliphatic carboxylic acids is 1. The third-order valence-corrected chi connectivity index (χ3v) is 4.04. The van der Waals surface area contributed by atoms with Crippen LogP contribution in [0.15, 0.2) is 18.3 Å². The van der Waals surface area contributed by atoms with Crippen LogP contribution < -0.4 is 4.74 Å². The van der Waals surface area contributed by atoms with Crippen LogP contribution in [0.1, 0.15) is 38.3 Å². The summed E-state index contributed by atoms with van der Waals surface area (Å²) in [5.74, 6) is -0.153. The molecule has 1 N–H and O–H groups in total. The predicted octanol–water partition coefficient (Wildman–Crippen LogP) is 3.21. The van der Waals surface area contributed by atoms with Crippen LogP contribution in [0, 0.1) is 11.8 Å². The van der Waals surface area contributed by atoms with Crippen molar-refractivity contribution in [2.24, 2.45) is 11.8 Å². The maximum Gasteiger partial charge on any atom is 0.306 e. The zero-order valence-electron chi connectivity index (χ0n) is 11.6. The van der Waals surface area contributed by atoms with E-state index in [1.165, 1.54) is 0 Å². The van der Waals surface area contributed by atoms with E-state index in [2.05, 4.69) is 4.98 Å². The van der Waals surface area contributed by atoms with E-state index in [9.17, 15) is 9.18 Å². The number of hydrogen-bond donors (Lipinski definition) is 1. The van der Waals surface area contributed by atoms with Crippen molar-refractivity contribution in [2.45, 2.75) is 45.4 Å². The van der Waals surface area contributed by atoms with Crippen molar-refractivity contribution >= 4 is 5.97 Å². The fraction of sp³-hybridized carbons (Fsp3) is 0.600. The van der Waals surface area contributed by atoms with Crippen LogP contribution >= 0.6 is 0 Å². The SMILES string of the molecule is CC(C(=O)O)[C@H]1CC[C@H](Oc2ccnc(CF)c2)CC1. The van der Waals surface area contributed by atoms with Gasteiger partial charge >= 0.3 is 5.97 Å². The Bertz CT molecular complexity index is 458. The minimum Gasteiger partial charge on any atom is -0.490 e. The maximum absolute atomic E-state index is 12.5. The van der Waals surface area contributed by atoms with Gasteiger partial charge in [0, 0.05) is 12.3 Å². The van der Waals surface area contributed by atoms with Gasteiger partial charge in [0.2, 0.25) is 0 Å². The molecule has 1 aliphatic rings. The van der Waals surface area contributed by atoms with Gasteiger partial charge in [0.15, 0.2) is 0 Å². The number of carboxylic acids is 1. The molecule has 5 heteroatoms. The third-order valence-electron chi connectivity index (χ3n) is 4.04. The Morgan fingerprint density at radius 2 is 2.20 bits per heavy atom. The first kappa shape index (κ1) is 14.8. The Morgan fingerprint density at radius 1 is 1.50 bits per heavy atom. The Morgan fingerprint density at radius 3 is 2.80 bits per heavy atom. The number of rotatable bonds is 5. The van der Waals surface area contributed by atoms with Crippen LogP contribution in [0.25, 0.3) is 0 Å². The summed E-state index contributed by atoms with van der Waals surface area (Å²) in [4.78, 5) is 14.9. The van der Waals surface area contributed by atoms with E-state index in [-0.39, 0.29) is 17.9 Å². The van der Waals surface area contributed by atoms with E-state index in [4.69, 9.17) is 9.84 Å². The monoisotopic (exact) mass is 281 g/mol. The second kappa shape index (κ2) is 6.68. The molecule has 1 unspecified atom stereocenters. The largest absolute Gasteiger partial charge is 0.490 e. The molecule has 1 heterocycles. The van der Waals surface area contributed by atoms with E-state index < -0.39 is 12.6 Å². The highest BCUT2D eigenvalue weighted by atomic mass is 19.1. The first-order valence-electron chi connectivity index (χ1n) is 7.00. The summed E-state index contributed by atoms with van der Waals surface area (Å²) in [5, 5.41) is 9.02. The van der Waals surface area contributed by atoms with Crippen molar-refractivity contribution in [1.82, 2.24) is 4.98 Å². The molecule has 1 saturated carbocycles. The Labute approximate surface area is 118 Å². The number of pyridine rings is 1. The molecular weight excluding hydrogens is 261 g/mol. The lowest BCUT2D eigenvalue weighted by molar-refractivity contribution is -0.143. The second-order valence-electron chi connectivity index (χ2n) is 5.40. The van der Waals surface area contributed by atoms with Crippen LogP contribution in [0.4, 0.5) is 4.39 Å². The molecular formula is C15H20FNO3. The zero-order valence-corrected chi connectivity index (χ0v) is 11.6. The zero-order chi connectivity index (χ0) is 14.5. The number of alkyl halides is 1. The summed E-state index contributed by atoms with van der Waals surface area (Å²) in [5.41, 5.74) is 0.371. The Kier molecular flexibility index (Phi) is 4.93. The normalized spacial score (nSPS) is 24.1. The molecule has 0 bridgehead atoms. The highest BCUT2D eigenvalue weighted by molar-refractivity contribution is 5.69. The number of nitrogens with zero attached hydrogens (tertiary/aromatic N) is 1. The fourth-order valence-electron chi connectivity index (χ4n) is 2.70. The van der Waals surface area contributed by atoms with Crippen molar-refractivity contribution in [2.75, 3.05) is 0 Å². The lowest BCUT2D eigenvalue weighted by Crippen LogP contribution is -2.29. The maximum atomic E-state index is 12.5. The minimum atomic E-state index is -0.726. The predicted molar refractivity (Wildman–Crippen MR) is 72.2 cm³/mol. The number of halogens is 1. The molecule has 0 spiro atoms. The average molecular weight is 281 g/mol. The summed E-state index contributed by atoms with van der Waals surface area (Å²) >= 11 is 0. The van der Waals surface area contributed by atoms with Crippen molar-refractivity contribution in [3.8, 4) is 5.75 Å². The average Bonchev–Trinajstić information content (AvgIpc) is 2.47. The topological polar surface area (TPSA) is 59.4 Å². The van der Waals surface area contributed by atoms with Gasteiger partial charge in [0.25, 0.3) is 0 Å². The Hall–Kier alpha value is -1.65. The molecule has 0 aliphatic heterocycles. The summed E-state index contributed by atoms with van der Waals surface area (Å²) in [6.45, 7) is 1.17. The fourth-order valence-corrected chi connectivity index (χ4v) is 2.70. The van der Waals surface area contributed by atoms with Crippen molar-refractivity contribution in [1.29, 1.82) is 0 Å². The van der Waals surface area contributed by atoms with Gasteiger partial charge in [-0.2, -0.15) is 0 Å². The number of carboxylic acid groups (broad SMARTS) is 1. The molecule has 1 atom stereocenters. The van der Waals surface area contributed by atoms with Gasteiger partial charge in [-0.15, -0.1) is 0 Å². The van der Waals surface area contributed by atoms with E-state index >= 15 is 0 Å². The summed E-state index contributed by atoms with van der Waals surface area (Å²) in [6, 6.07) is 3.34. The molecule has 0 amide bonds. The summed E-state index contributed by atoms with van der Waals surface area (Å²) < 4.78 is 18.4. The smallest absolute Gasteiger partial charge is 0.306 e.